The lowest BCUT2D eigenvalue weighted by atomic mass is 10.1. The van der Waals surface area contributed by atoms with E-state index in [0.717, 1.165) is 23.7 Å². The maximum absolute atomic E-state index is 12.1. The van der Waals surface area contributed by atoms with Crippen molar-refractivity contribution in [1.82, 2.24) is 4.72 Å². The molecule has 0 aromatic heterocycles. The molecular formula is C15H20BrNO5S. The molecule has 1 N–H and O–H groups in total. The number of hydrogen-bond acceptors (Lipinski definition) is 5. The molecule has 0 saturated carbocycles. The Labute approximate surface area is 144 Å². The zero-order chi connectivity index (χ0) is 16.9. The number of ether oxygens (including phenoxy) is 2. The van der Waals surface area contributed by atoms with Crippen LogP contribution < -0.4 is 4.72 Å². The monoisotopic (exact) mass is 405 g/mol. The van der Waals surface area contributed by atoms with Crippen LogP contribution in [0, 0.1) is 0 Å². The van der Waals surface area contributed by atoms with Crippen LogP contribution in [0.4, 0.5) is 0 Å². The van der Waals surface area contributed by atoms with Gasteiger partial charge < -0.3 is 9.47 Å². The van der Waals surface area contributed by atoms with Crippen LogP contribution >= 0.6 is 15.9 Å². The van der Waals surface area contributed by atoms with Gasteiger partial charge in [-0.25, -0.2) is 13.1 Å². The van der Waals surface area contributed by atoms with Gasteiger partial charge in [-0.3, -0.25) is 4.79 Å². The first kappa shape index (κ1) is 18.4. The number of amides is 1. The minimum atomic E-state index is -3.90. The number of benzene rings is 1. The number of carbonyl (C=O) groups excluding carboxylic acids is 1. The smallest absolute Gasteiger partial charge is 0.264 e. The molecule has 0 aliphatic carbocycles. The Morgan fingerprint density at radius 1 is 1.39 bits per heavy atom. The SMILES string of the molecule is C[C@H](OC[C@@H]1CCCCO1)C(=O)NS(=O)(=O)c1ccc(Br)cc1. The summed E-state index contributed by atoms with van der Waals surface area (Å²) in [7, 11) is -3.90. The largest absolute Gasteiger partial charge is 0.376 e. The molecule has 6 nitrogen and oxygen atoms in total. The summed E-state index contributed by atoms with van der Waals surface area (Å²) in [6, 6.07) is 6.03. The van der Waals surface area contributed by atoms with Crippen LogP contribution in [0.3, 0.4) is 0 Å². The van der Waals surface area contributed by atoms with Crippen LogP contribution in [0.1, 0.15) is 26.2 Å². The molecule has 1 aliphatic rings. The Bertz CT molecular complexity index is 626. The lowest BCUT2D eigenvalue weighted by Crippen LogP contribution is -2.40. The van der Waals surface area contributed by atoms with E-state index in [1.807, 2.05) is 4.72 Å². The molecule has 1 aliphatic heterocycles. The summed E-state index contributed by atoms with van der Waals surface area (Å²) in [5, 5.41) is 0. The maximum Gasteiger partial charge on any atom is 0.264 e. The number of sulfonamides is 1. The number of rotatable bonds is 6. The predicted molar refractivity (Wildman–Crippen MR) is 88.5 cm³/mol. The summed E-state index contributed by atoms with van der Waals surface area (Å²) < 4.78 is 38.0. The van der Waals surface area contributed by atoms with Gasteiger partial charge in [0.2, 0.25) is 0 Å². The molecular weight excluding hydrogens is 386 g/mol. The van der Waals surface area contributed by atoms with E-state index in [9.17, 15) is 13.2 Å². The third-order valence-electron chi connectivity index (χ3n) is 3.53. The van der Waals surface area contributed by atoms with Gasteiger partial charge in [-0.05, 0) is 50.5 Å². The zero-order valence-electron chi connectivity index (χ0n) is 12.8. The van der Waals surface area contributed by atoms with Crippen molar-refractivity contribution in [3.05, 3.63) is 28.7 Å². The molecule has 1 aromatic carbocycles. The molecule has 0 spiro atoms. The van der Waals surface area contributed by atoms with Crippen LogP contribution in [0.25, 0.3) is 0 Å². The third-order valence-corrected chi connectivity index (χ3v) is 5.43. The van der Waals surface area contributed by atoms with Crippen molar-refractivity contribution in [3.8, 4) is 0 Å². The molecule has 2 rings (SSSR count). The summed E-state index contributed by atoms with van der Waals surface area (Å²) in [6.07, 6.45) is 2.11. The van der Waals surface area contributed by atoms with Gasteiger partial charge in [0.1, 0.15) is 6.10 Å². The second kappa shape index (κ2) is 8.23. The molecule has 0 radical (unpaired) electrons. The van der Waals surface area contributed by atoms with E-state index in [-0.39, 0.29) is 17.6 Å². The van der Waals surface area contributed by atoms with E-state index in [0.29, 0.717) is 6.61 Å². The quantitative estimate of drug-likeness (QED) is 0.784. The fourth-order valence-electron chi connectivity index (χ4n) is 2.15. The molecule has 1 aromatic rings. The predicted octanol–water partition coefficient (Wildman–Crippen LogP) is 2.23. The Morgan fingerprint density at radius 2 is 2.09 bits per heavy atom. The Balaban J connectivity index is 1.87. The van der Waals surface area contributed by atoms with Crippen molar-refractivity contribution >= 4 is 31.9 Å². The summed E-state index contributed by atoms with van der Waals surface area (Å²) in [4.78, 5) is 12.0. The van der Waals surface area contributed by atoms with E-state index < -0.39 is 22.0 Å². The highest BCUT2D eigenvalue weighted by Crippen LogP contribution is 2.15. The lowest BCUT2D eigenvalue weighted by molar-refractivity contribution is -0.133. The molecule has 1 fully saturated rings. The van der Waals surface area contributed by atoms with E-state index in [4.69, 9.17) is 9.47 Å². The summed E-state index contributed by atoms with van der Waals surface area (Å²) in [5.74, 6) is -0.691. The normalized spacial score (nSPS) is 20.0. The maximum atomic E-state index is 12.1. The fourth-order valence-corrected chi connectivity index (χ4v) is 3.46. The molecule has 2 atom stereocenters. The van der Waals surface area contributed by atoms with Crippen molar-refractivity contribution in [2.24, 2.45) is 0 Å². The average molecular weight is 406 g/mol. The Hall–Kier alpha value is -0.960. The molecule has 0 bridgehead atoms. The first-order valence-electron chi connectivity index (χ1n) is 7.44. The summed E-state index contributed by atoms with van der Waals surface area (Å²) >= 11 is 3.23. The van der Waals surface area contributed by atoms with Crippen LogP contribution in [0.5, 0.6) is 0 Å². The number of halogens is 1. The zero-order valence-corrected chi connectivity index (χ0v) is 15.2. The molecule has 23 heavy (non-hydrogen) atoms. The van der Waals surface area contributed by atoms with Gasteiger partial charge in [0.15, 0.2) is 0 Å². The second-order valence-corrected chi connectivity index (χ2v) is 7.99. The van der Waals surface area contributed by atoms with Crippen LogP contribution in [-0.2, 0) is 24.3 Å². The van der Waals surface area contributed by atoms with Gasteiger partial charge in [0, 0.05) is 11.1 Å². The average Bonchev–Trinajstić information content (AvgIpc) is 2.53. The second-order valence-electron chi connectivity index (χ2n) is 5.39. The lowest BCUT2D eigenvalue weighted by Gasteiger charge is -2.23. The van der Waals surface area contributed by atoms with Gasteiger partial charge in [-0.2, -0.15) is 0 Å². The highest BCUT2D eigenvalue weighted by atomic mass is 79.9. The first-order chi connectivity index (χ1) is 10.9. The molecule has 1 amide bonds. The van der Waals surface area contributed by atoms with E-state index in [1.54, 1.807) is 12.1 Å². The van der Waals surface area contributed by atoms with E-state index in [1.165, 1.54) is 19.1 Å². The first-order valence-corrected chi connectivity index (χ1v) is 9.71. The van der Waals surface area contributed by atoms with E-state index in [2.05, 4.69) is 15.9 Å². The summed E-state index contributed by atoms with van der Waals surface area (Å²) in [5.41, 5.74) is 0. The Kier molecular flexibility index (Phi) is 6.58. The highest BCUT2D eigenvalue weighted by Gasteiger charge is 2.23. The number of hydrogen-bond donors (Lipinski definition) is 1. The summed E-state index contributed by atoms with van der Waals surface area (Å²) in [6.45, 7) is 2.51. The number of nitrogens with one attached hydrogen (secondary N) is 1. The van der Waals surface area contributed by atoms with Crippen molar-refractivity contribution < 1.29 is 22.7 Å². The highest BCUT2D eigenvalue weighted by molar-refractivity contribution is 9.10. The van der Waals surface area contributed by atoms with Crippen molar-refractivity contribution in [2.75, 3.05) is 13.2 Å². The van der Waals surface area contributed by atoms with Crippen molar-refractivity contribution in [2.45, 2.75) is 43.3 Å². The fraction of sp³-hybridized carbons (Fsp3) is 0.533. The van der Waals surface area contributed by atoms with Crippen LogP contribution in [0.2, 0.25) is 0 Å². The molecule has 8 heteroatoms. The Morgan fingerprint density at radius 3 is 2.70 bits per heavy atom. The third kappa shape index (κ3) is 5.56. The number of carbonyl (C=O) groups is 1. The molecule has 1 heterocycles. The van der Waals surface area contributed by atoms with Crippen LogP contribution in [0.15, 0.2) is 33.6 Å². The molecule has 1 saturated heterocycles. The van der Waals surface area contributed by atoms with Gasteiger partial charge in [0.25, 0.3) is 15.9 Å². The van der Waals surface area contributed by atoms with Gasteiger partial charge in [-0.15, -0.1) is 0 Å². The minimum absolute atomic E-state index is 0.0249. The van der Waals surface area contributed by atoms with Crippen LogP contribution in [-0.4, -0.2) is 39.7 Å². The van der Waals surface area contributed by atoms with Crippen molar-refractivity contribution in [1.29, 1.82) is 0 Å². The minimum Gasteiger partial charge on any atom is -0.376 e. The van der Waals surface area contributed by atoms with Crippen molar-refractivity contribution in [3.63, 3.8) is 0 Å². The standard InChI is InChI=1S/C15H20BrNO5S/c1-11(22-10-13-4-2-3-9-21-13)15(18)17-23(19,20)14-7-5-12(16)6-8-14/h5-8,11,13H,2-4,9-10H2,1H3,(H,17,18)/t11-,13-/m0/s1. The topological polar surface area (TPSA) is 81.7 Å². The van der Waals surface area contributed by atoms with Gasteiger partial charge in [0.05, 0.1) is 17.6 Å². The van der Waals surface area contributed by atoms with E-state index >= 15 is 0 Å². The molecule has 128 valence electrons. The van der Waals surface area contributed by atoms with Gasteiger partial charge >= 0.3 is 0 Å². The molecule has 0 unspecified atom stereocenters. The van der Waals surface area contributed by atoms with Gasteiger partial charge in [-0.1, -0.05) is 15.9 Å².